The van der Waals surface area contributed by atoms with E-state index in [1.807, 2.05) is 0 Å². The lowest BCUT2D eigenvalue weighted by Crippen LogP contribution is -1.81. The molecule has 0 aromatic heterocycles. The molecular weight excluding hydrogens is 142 g/mol. The molecule has 0 spiro atoms. The molecule has 0 heterocycles. The third-order valence-electron chi connectivity index (χ3n) is 0.984. The molecule has 0 saturated heterocycles. The molecule has 0 amide bonds. The van der Waals surface area contributed by atoms with Crippen molar-refractivity contribution in [2.45, 2.75) is 0 Å². The minimum Gasteiger partial charge on any atom is -0.502 e. The third kappa shape index (κ3) is 0.877. The van der Waals surface area contributed by atoms with Crippen LogP contribution >= 0.6 is 0 Å². The number of hydrogen-bond donors (Lipinski definition) is 2. The van der Waals surface area contributed by atoms with Crippen LogP contribution in [0.2, 0.25) is 0 Å². The molecule has 2 nitrogen and oxygen atoms in total. The first-order chi connectivity index (χ1) is 4.63. The average Bonchev–Trinajstić information content (AvgIpc) is 1.93. The first kappa shape index (κ1) is 6.80. The van der Waals surface area contributed by atoms with E-state index in [-0.39, 0.29) is 0 Å². The molecule has 53 valence electrons. The lowest BCUT2D eigenvalue weighted by Gasteiger charge is -1.97. The molecule has 10 heavy (non-hydrogen) atoms. The molecule has 0 aliphatic carbocycles. The van der Waals surface area contributed by atoms with Gasteiger partial charge in [-0.1, -0.05) is 0 Å². The van der Waals surface area contributed by atoms with Crippen molar-refractivity contribution in [2.75, 3.05) is 0 Å². The van der Waals surface area contributed by atoms with Crippen LogP contribution in [0.25, 0.3) is 0 Å². The Morgan fingerprint density at radius 2 is 1.80 bits per heavy atom. The van der Waals surface area contributed by atoms with Crippen molar-refractivity contribution >= 4 is 0 Å². The Labute approximate surface area is 55.4 Å². The maximum Gasteiger partial charge on any atom is 0.197 e. The monoisotopic (exact) mass is 145 g/mol. The van der Waals surface area contributed by atoms with Crippen molar-refractivity contribution in [3.8, 4) is 11.5 Å². The quantitative estimate of drug-likeness (QED) is 0.538. The van der Waals surface area contributed by atoms with Gasteiger partial charge in [-0.25, -0.2) is 8.78 Å². The van der Waals surface area contributed by atoms with Gasteiger partial charge in [0.2, 0.25) is 0 Å². The SMILES string of the molecule is Oc1c(F)[c]cc(F)c1O. The number of benzene rings is 1. The Morgan fingerprint density at radius 1 is 1.20 bits per heavy atom. The highest BCUT2D eigenvalue weighted by molar-refractivity contribution is 5.38. The number of hydrogen-bond acceptors (Lipinski definition) is 2. The molecule has 0 unspecified atom stereocenters. The molecule has 0 saturated carbocycles. The van der Waals surface area contributed by atoms with Gasteiger partial charge in [-0.2, -0.15) is 0 Å². The van der Waals surface area contributed by atoms with E-state index in [1.165, 1.54) is 0 Å². The first-order valence-electron chi connectivity index (χ1n) is 2.40. The summed E-state index contributed by atoms with van der Waals surface area (Å²) in [6.45, 7) is 0. The van der Waals surface area contributed by atoms with Gasteiger partial charge in [0.1, 0.15) is 0 Å². The van der Waals surface area contributed by atoms with E-state index >= 15 is 0 Å². The van der Waals surface area contributed by atoms with E-state index < -0.39 is 23.1 Å². The van der Waals surface area contributed by atoms with E-state index in [4.69, 9.17) is 10.2 Å². The molecule has 1 rings (SSSR count). The van der Waals surface area contributed by atoms with E-state index in [0.29, 0.717) is 6.07 Å². The number of phenols is 2. The van der Waals surface area contributed by atoms with E-state index in [2.05, 4.69) is 0 Å². The maximum absolute atomic E-state index is 12.2. The Morgan fingerprint density at radius 3 is 2.30 bits per heavy atom. The number of phenolic OH excluding ortho intramolecular Hbond substituents is 2. The van der Waals surface area contributed by atoms with Crippen LogP contribution in [0.4, 0.5) is 8.78 Å². The summed E-state index contributed by atoms with van der Waals surface area (Å²) in [7, 11) is 0. The Hall–Kier alpha value is -1.32. The minimum atomic E-state index is -1.17. The Balaban J connectivity index is 3.34. The van der Waals surface area contributed by atoms with Gasteiger partial charge in [0.15, 0.2) is 23.1 Å². The lowest BCUT2D eigenvalue weighted by molar-refractivity contribution is 0.358. The Kier molecular flexibility index (Phi) is 1.45. The van der Waals surface area contributed by atoms with Gasteiger partial charge in [-0.05, 0) is 6.07 Å². The maximum atomic E-state index is 12.2. The van der Waals surface area contributed by atoms with Crippen LogP contribution in [-0.2, 0) is 0 Å². The van der Waals surface area contributed by atoms with Gasteiger partial charge >= 0.3 is 0 Å². The van der Waals surface area contributed by atoms with Crippen LogP contribution < -0.4 is 0 Å². The largest absolute Gasteiger partial charge is 0.502 e. The van der Waals surface area contributed by atoms with E-state index in [9.17, 15) is 8.78 Å². The van der Waals surface area contributed by atoms with Crippen LogP contribution in [0.15, 0.2) is 6.07 Å². The fourth-order valence-electron chi connectivity index (χ4n) is 0.481. The molecule has 0 atom stereocenters. The second kappa shape index (κ2) is 2.13. The van der Waals surface area contributed by atoms with Gasteiger partial charge in [-0.15, -0.1) is 0 Å². The van der Waals surface area contributed by atoms with Crippen molar-refractivity contribution in [2.24, 2.45) is 0 Å². The smallest absolute Gasteiger partial charge is 0.197 e. The molecule has 4 heteroatoms. The standard InChI is InChI=1S/C6H3F2O2/c7-3-1-2-4(8)6(10)5(3)9/h1,9-10H. The molecule has 1 aromatic rings. The van der Waals surface area contributed by atoms with Crippen molar-refractivity contribution in [3.05, 3.63) is 23.8 Å². The molecule has 1 aromatic carbocycles. The van der Waals surface area contributed by atoms with Gasteiger partial charge in [0.05, 0.1) is 0 Å². The second-order valence-corrected chi connectivity index (χ2v) is 1.65. The van der Waals surface area contributed by atoms with Crippen molar-refractivity contribution in [1.82, 2.24) is 0 Å². The highest BCUT2D eigenvalue weighted by atomic mass is 19.1. The van der Waals surface area contributed by atoms with Gasteiger partial charge in [0.25, 0.3) is 0 Å². The molecule has 0 aliphatic heterocycles. The highest BCUT2D eigenvalue weighted by Gasteiger charge is 2.10. The lowest BCUT2D eigenvalue weighted by atomic mass is 10.3. The highest BCUT2D eigenvalue weighted by Crippen LogP contribution is 2.29. The predicted molar refractivity (Wildman–Crippen MR) is 28.5 cm³/mol. The van der Waals surface area contributed by atoms with E-state index in [1.54, 1.807) is 6.07 Å². The van der Waals surface area contributed by atoms with Gasteiger partial charge < -0.3 is 10.2 Å². The van der Waals surface area contributed by atoms with Crippen LogP contribution in [0.3, 0.4) is 0 Å². The summed E-state index contributed by atoms with van der Waals surface area (Å²) in [5, 5.41) is 17.0. The normalized spacial score (nSPS) is 9.80. The molecule has 1 radical (unpaired) electrons. The predicted octanol–water partition coefficient (Wildman–Crippen LogP) is 1.18. The zero-order chi connectivity index (χ0) is 7.72. The summed E-state index contributed by atoms with van der Waals surface area (Å²) in [6.07, 6.45) is 0. The molecule has 0 aliphatic rings. The summed E-state index contributed by atoms with van der Waals surface area (Å²) >= 11 is 0. The van der Waals surface area contributed by atoms with Crippen LogP contribution in [0.1, 0.15) is 0 Å². The van der Waals surface area contributed by atoms with E-state index in [0.717, 1.165) is 0 Å². The van der Waals surface area contributed by atoms with Crippen molar-refractivity contribution < 1.29 is 19.0 Å². The first-order valence-corrected chi connectivity index (χ1v) is 2.40. The van der Waals surface area contributed by atoms with Gasteiger partial charge in [0, 0.05) is 6.07 Å². The summed E-state index contributed by atoms with van der Waals surface area (Å²) in [5.41, 5.74) is 0. The zero-order valence-electron chi connectivity index (χ0n) is 4.73. The summed E-state index contributed by atoms with van der Waals surface area (Å²) in [6, 6.07) is 2.36. The molecule has 0 bridgehead atoms. The molecular formula is C6H3F2O2. The molecule has 0 fully saturated rings. The number of aromatic hydroxyl groups is 2. The van der Waals surface area contributed by atoms with Crippen LogP contribution in [0, 0.1) is 17.7 Å². The minimum absolute atomic E-state index is 0.602. The Bertz CT molecular complexity index is 233. The topological polar surface area (TPSA) is 40.5 Å². The van der Waals surface area contributed by atoms with Gasteiger partial charge in [-0.3, -0.25) is 0 Å². The van der Waals surface area contributed by atoms with Crippen molar-refractivity contribution in [3.63, 3.8) is 0 Å². The summed E-state index contributed by atoms with van der Waals surface area (Å²) in [4.78, 5) is 0. The average molecular weight is 145 g/mol. The van der Waals surface area contributed by atoms with Crippen molar-refractivity contribution in [1.29, 1.82) is 0 Å². The molecule has 2 N–H and O–H groups in total. The van der Waals surface area contributed by atoms with Crippen LogP contribution in [-0.4, -0.2) is 10.2 Å². The fourth-order valence-corrected chi connectivity index (χ4v) is 0.481. The number of rotatable bonds is 0. The third-order valence-corrected chi connectivity index (χ3v) is 0.984. The number of halogens is 2. The van der Waals surface area contributed by atoms with Crippen LogP contribution in [0.5, 0.6) is 11.5 Å². The second-order valence-electron chi connectivity index (χ2n) is 1.65. The summed E-state index contributed by atoms with van der Waals surface area (Å²) < 4.78 is 24.3. The summed E-state index contributed by atoms with van der Waals surface area (Å²) in [5.74, 6) is -4.46. The fraction of sp³-hybridized carbons (Fsp3) is 0. The zero-order valence-corrected chi connectivity index (χ0v) is 4.73.